The van der Waals surface area contributed by atoms with E-state index in [9.17, 15) is 13.2 Å². The first-order chi connectivity index (χ1) is 14.0. The first kappa shape index (κ1) is 20.0. The van der Waals surface area contributed by atoms with Gasteiger partial charge in [0.25, 0.3) is 0 Å². The molecule has 0 aliphatic heterocycles. The first-order valence-corrected chi connectivity index (χ1v) is 10.7. The molecule has 3 aromatic carbocycles. The Balaban J connectivity index is 1.77. The predicted octanol–water partition coefficient (Wildman–Crippen LogP) is 8.13. The van der Waals surface area contributed by atoms with E-state index in [2.05, 4.69) is 43.3 Å². The fraction of sp³-hybridized carbons (Fsp3) is 0.385. The lowest BCUT2D eigenvalue weighted by Crippen LogP contribution is -2.22. The number of hydrogen-bond donors (Lipinski definition) is 0. The van der Waals surface area contributed by atoms with Gasteiger partial charge in [0.05, 0.1) is 5.56 Å². The van der Waals surface area contributed by atoms with Crippen molar-refractivity contribution in [3.63, 3.8) is 0 Å². The fourth-order valence-corrected chi connectivity index (χ4v) is 4.97. The number of rotatable bonds is 5. The molecule has 1 aliphatic carbocycles. The van der Waals surface area contributed by atoms with Crippen LogP contribution >= 0.6 is 0 Å². The first-order valence-electron chi connectivity index (χ1n) is 10.7. The Morgan fingerprint density at radius 3 is 2.38 bits per heavy atom. The Labute approximate surface area is 170 Å². The number of aryl methyl sites for hydroxylation is 1. The number of unbranched alkanes of at least 4 members (excludes halogenated alkanes) is 2. The zero-order valence-electron chi connectivity index (χ0n) is 16.8. The second kappa shape index (κ2) is 8.22. The van der Waals surface area contributed by atoms with Crippen LogP contribution in [-0.2, 0) is 12.6 Å². The molecule has 4 rings (SSSR count). The van der Waals surface area contributed by atoms with Crippen molar-refractivity contribution in [3.05, 3.63) is 82.9 Å². The largest absolute Gasteiger partial charge is 0.416 e. The molecule has 0 amide bonds. The summed E-state index contributed by atoms with van der Waals surface area (Å²) in [7, 11) is 0. The summed E-state index contributed by atoms with van der Waals surface area (Å²) in [6.45, 7) is 2.20. The van der Waals surface area contributed by atoms with Crippen LogP contribution in [0.5, 0.6) is 0 Å². The van der Waals surface area contributed by atoms with Crippen molar-refractivity contribution in [3.8, 4) is 0 Å². The maximum absolute atomic E-state index is 13.1. The minimum atomic E-state index is -4.29. The molecule has 152 valence electrons. The van der Waals surface area contributed by atoms with Gasteiger partial charge in [-0.25, -0.2) is 0 Å². The number of alkyl halides is 3. The normalized spacial score (nSPS) is 19.3. The number of halogens is 3. The molecule has 0 radical (unpaired) electrons. The second-order valence-electron chi connectivity index (χ2n) is 8.25. The quantitative estimate of drug-likeness (QED) is 0.382. The van der Waals surface area contributed by atoms with Gasteiger partial charge in [-0.05, 0) is 64.8 Å². The third kappa shape index (κ3) is 4.05. The summed E-state index contributed by atoms with van der Waals surface area (Å²) in [5, 5.41) is 2.52. The molecular weight excluding hydrogens is 369 g/mol. The van der Waals surface area contributed by atoms with Gasteiger partial charge in [-0.2, -0.15) is 13.2 Å². The van der Waals surface area contributed by atoms with Crippen molar-refractivity contribution in [2.45, 2.75) is 57.5 Å². The lowest BCUT2D eigenvalue weighted by molar-refractivity contribution is -0.137. The SMILES string of the molecule is CCCCC[C@@H]1CCc2c(ccc3ccccc23)[C@H]1c1ccc(C(F)(F)F)cc1. The topological polar surface area (TPSA) is 0 Å². The van der Waals surface area contributed by atoms with Gasteiger partial charge < -0.3 is 0 Å². The van der Waals surface area contributed by atoms with Crippen molar-refractivity contribution < 1.29 is 13.2 Å². The molecule has 0 fully saturated rings. The van der Waals surface area contributed by atoms with Crippen LogP contribution in [0.2, 0.25) is 0 Å². The van der Waals surface area contributed by atoms with Gasteiger partial charge in [0, 0.05) is 5.92 Å². The van der Waals surface area contributed by atoms with E-state index < -0.39 is 11.7 Å². The highest BCUT2D eigenvalue weighted by Crippen LogP contribution is 2.45. The van der Waals surface area contributed by atoms with Crippen LogP contribution in [0.25, 0.3) is 10.8 Å². The van der Waals surface area contributed by atoms with Crippen LogP contribution in [0.15, 0.2) is 60.7 Å². The second-order valence-corrected chi connectivity index (χ2v) is 8.25. The minimum Gasteiger partial charge on any atom is -0.166 e. The Morgan fingerprint density at radius 2 is 1.66 bits per heavy atom. The Morgan fingerprint density at radius 1 is 0.897 bits per heavy atom. The van der Waals surface area contributed by atoms with Crippen molar-refractivity contribution in [2.75, 3.05) is 0 Å². The van der Waals surface area contributed by atoms with Crippen LogP contribution in [0.3, 0.4) is 0 Å². The van der Waals surface area contributed by atoms with E-state index >= 15 is 0 Å². The van der Waals surface area contributed by atoms with Crippen LogP contribution < -0.4 is 0 Å². The van der Waals surface area contributed by atoms with Crippen LogP contribution in [-0.4, -0.2) is 0 Å². The van der Waals surface area contributed by atoms with Crippen molar-refractivity contribution >= 4 is 10.8 Å². The number of fused-ring (bicyclic) bond motifs is 3. The van der Waals surface area contributed by atoms with Gasteiger partial charge in [-0.3, -0.25) is 0 Å². The molecule has 3 heteroatoms. The van der Waals surface area contributed by atoms with Crippen LogP contribution in [0.4, 0.5) is 13.2 Å². The molecule has 3 aromatic rings. The zero-order valence-corrected chi connectivity index (χ0v) is 16.8. The Hall–Kier alpha value is -2.29. The van der Waals surface area contributed by atoms with Crippen molar-refractivity contribution in [2.24, 2.45) is 5.92 Å². The smallest absolute Gasteiger partial charge is 0.166 e. The molecule has 0 bridgehead atoms. The van der Waals surface area contributed by atoms with E-state index in [1.165, 1.54) is 53.3 Å². The van der Waals surface area contributed by atoms with E-state index in [-0.39, 0.29) is 5.92 Å². The van der Waals surface area contributed by atoms with E-state index in [4.69, 9.17) is 0 Å². The van der Waals surface area contributed by atoms with Gasteiger partial charge in [0.15, 0.2) is 0 Å². The Kier molecular flexibility index (Phi) is 5.67. The van der Waals surface area contributed by atoms with Crippen molar-refractivity contribution in [1.82, 2.24) is 0 Å². The monoisotopic (exact) mass is 396 g/mol. The molecule has 0 unspecified atom stereocenters. The van der Waals surface area contributed by atoms with E-state index in [1.54, 1.807) is 12.1 Å². The molecule has 0 spiro atoms. The highest BCUT2D eigenvalue weighted by Gasteiger charge is 2.33. The highest BCUT2D eigenvalue weighted by molar-refractivity contribution is 5.87. The lowest BCUT2D eigenvalue weighted by Gasteiger charge is -2.35. The highest BCUT2D eigenvalue weighted by atomic mass is 19.4. The third-order valence-corrected chi connectivity index (χ3v) is 6.42. The summed E-state index contributed by atoms with van der Waals surface area (Å²) in [6.07, 6.45) is 2.55. The van der Waals surface area contributed by atoms with E-state index in [0.29, 0.717) is 5.92 Å². The molecule has 2 atom stereocenters. The maximum atomic E-state index is 13.1. The summed E-state index contributed by atoms with van der Waals surface area (Å²) in [4.78, 5) is 0. The lowest BCUT2D eigenvalue weighted by atomic mass is 9.69. The molecular formula is C26H27F3. The Bertz CT molecular complexity index is 969. The zero-order chi connectivity index (χ0) is 20.4. The van der Waals surface area contributed by atoms with Gasteiger partial charge >= 0.3 is 6.18 Å². The number of hydrogen-bond acceptors (Lipinski definition) is 0. The summed E-state index contributed by atoms with van der Waals surface area (Å²) in [5.74, 6) is 0.648. The number of benzene rings is 3. The molecule has 0 nitrogen and oxygen atoms in total. The average Bonchev–Trinajstić information content (AvgIpc) is 2.73. The predicted molar refractivity (Wildman–Crippen MR) is 113 cm³/mol. The summed E-state index contributed by atoms with van der Waals surface area (Å²) in [6, 6.07) is 18.7. The van der Waals surface area contributed by atoms with Gasteiger partial charge in [-0.1, -0.05) is 74.7 Å². The molecule has 0 saturated heterocycles. The average molecular weight is 396 g/mol. The molecule has 0 aromatic heterocycles. The molecule has 29 heavy (non-hydrogen) atoms. The van der Waals surface area contributed by atoms with Crippen LogP contribution in [0, 0.1) is 5.92 Å². The van der Waals surface area contributed by atoms with Crippen LogP contribution in [0.1, 0.15) is 67.2 Å². The van der Waals surface area contributed by atoms with Gasteiger partial charge in [0.2, 0.25) is 0 Å². The summed E-state index contributed by atoms with van der Waals surface area (Å²) >= 11 is 0. The van der Waals surface area contributed by atoms with E-state index in [1.807, 2.05) is 0 Å². The van der Waals surface area contributed by atoms with Gasteiger partial charge in [0.1, 0.15) is 0 Å². The standard InChI is InChI=1S/C26H27F3/c1-2-3-4-8-19-13-16-23-22-9-6-5-7-18(22)12-17-24(23)25(19)20-10-14-21(15-11-20)26(27,28)29/h5-7,9-12,14-15,17,19,25H,2-4,8,13,16H2,1H3/t19-,25-/m1/s1. The molecule has 1 aliphatic rings. The molecule has 0 heterocycles. The maximum Gasteiger partial charge on any atom is 0.416 e. The van der Waals surface area contributed by atoms with E-state index in [0.717, 1.165) is 24.8 Å². The minimum absolute atomic E-state index is 0.169. The molecule has 0 N–H and O–H groups in total. The fourth-order valence-electron chi connectivity index (χ4n) is 4.97. The van der Waals surface area contributed by atoms with Crippen molar-refractivity contribution in [1.29, 1.82) is 0 Å². The van der Waals surface area contributed by atoms with Gasteiger partial charge in [-0.15, -0.1) is 0 Å². The summed E-state index contributed by atoms with van der Waals surface area (Å²) < 4.78 is 39.2. The third-order valence-electron chi connectivity index (χ3n) is 6.42. The molecule has 0 saturated carbocycles. The summed E-state index contributed by atoms with van der Waals surface area (Å²) in [5.41, 5.74) is 3.12.